The van der Waals surface area contributed by atoms with Crippen LogP contribution in [0.2, 0.25) is 0 Å². The Morgan fingerprint density at radius 1 is 1.15 bits per heavy atom. The van der Waals surface area contributed by atoms with Gasteiger partial charge in [-0.05, 0) is 45.0 Å². The molecule has 1 heterocycles. The highest BCUT2D eigenvalue weighted by Gasteiger charge is 2.30. The molecule has 6 heteroatoms. The van der Waals surface area contributed by atoms with E-state index in [1.165, 1.54) is 4.90 Å². The number of hydrogen-bond donors (Lipinski definition) is 1. The van der Waals surface area contributed by atoms with Crippen LogP contribution in [0.3, 0.4) is 0 Å². The molecule has 2 aromatic rings. The largest absolute Gasteiger partial charge is 0.452 e. The molecule has 1 aliphatic heterocycles. The first-order chi connectivity index (χ1) is 12.8. The summed E-state index contributed by atoms with van der Waals surface area (Å²) in [4.78, 5) is 38.7. The first-order valence-electron chi connectivity index (χ1n) is 8.81. The Kier molecular flexibility index (Phi) is 5.26. The van der Waals surface area contributed by atoms with Gasteiger partial charge in [0.05, 0.1) is 16.9 Å². The van der Waals surface area contributed by atoms with Crippen molar-refractivity contribution in [2.75, 3.05) is 16.8 Å². The van der Waals surface area contributed by atoms with Crippen LogP contribution in [0.15, 0.2) is 42.5 Å². The third-order valence-electron chi connectivity index (χ3n) is 4.41. The van der Waals surface area contributed by atoms with E-state index in [0.717, 1.165) is 11.1 Å². The monoisotopic (exact) mass is 366 g/mol. The summed E-state index contributed by atoms with van der Waals surface area (Å²) >= 11 is 0. The van der Waals surface area contributed by atoms with Gasteiger partial charge in [0.25, 0.3) is 5.91 Å². The zero-order valence-corrected chi connectivity index (χ0v) is 15.6. The van der Waals surface area contributed by atoms with Gasteiger partial charge in [0.1, 0.15) is 0 Å². The quantitative estimate of drug-likeness (QED) is 0.847. The average Bonchev–Trinajstić information content (AvgIpc) is 2.72. The molecule has 2 aromatic carbocycles. The fraction of sp³-hybridized carbons (Fsp3) is 0.286. The SMILES string of the molecule is Cc1cc(C)cc(C(=O)OCC(=O)N2c3ccccc3NC(=O)C[C@H]2C)c1. The maximum absolute atomic E-state index is 12.8. The van der Waals surface area contributed by atoms with E-state index < -0.39 is 12.6 Å². The molecule has 0 radical (unpaired) electrons. The van der Waals surface area contributed by atoms with E-state index in [9.17, 15) is 14.4 Å². The second kappa shape index (κ2) is 7.61. The minimum absolute atomic E-state index is 0.155. The van der Waals surface area contributed by atoms with E-state index in [-0.39, 0.29) is 24.3 Å². The van der Waals surface area contributed by atoms with Crippen molar-refractivity contribution in [3.63, 3.8) is 0 Å². The normalized spacial score (nSPS) is 16.2. The molecule has 1 atom stereocenters. The van der Waals surface area contributed by atoms with Crippen molar-refractivity contribution in [3.8, 4) is 0 Å². The molecule has 1 N–H and O–H groups in total. The van der Waals surface area contributed by atoms with Crippen molar-refractivity contribution in [1.29, 1.82) is 0 Å². The standard InChI is InChI=1S/C21H22N2O4/c1-13-8-14(2)10-16(9-13)21(26)27-12-20(25)23-15(3)11-19(24)22-17-6-4-5-7-18(17)23/h4-10,15H,11-12H2,1-3H3,(H,22,24)/t15-/m1/s1. The van der Waals surface area contributed by atoms with Crippen LogP contribution in [0.25, 0.3) is 0 Å². The van der Waals surface area contributed by atoms with Crippen LogP contribution < -0.4 is 10.2 Å². The lowest BCUT2D eigenvalue weighted by molar-refractivity contribution is -0.122. The number of hydrogen-bond acceptors (Lipinski definition) is 4. The number of esters is 1. The predicted molar refractivity (Wildman–Crippen MR) is 103 cm³/mol. The summed E-state index contributed by atoms with van der Waals surface area (Å²) in [5, 5.41) is 2.80. The van der Waals surface area contributed by atoms with Crippen molar-refractivity contribution in [2.24, 2.45) is 0 Å². The predicted octanol–water partition coefficient (Wildman–Crippen LogP) is 3.22. The fourth-order valence-corrected chi connectivity index (χ4v) is 3.34. The van der Waals surface area contributed by atoms with Gasteiger partial charge in [-0.15, -0.1) is 0 Å². The van der Waals surface area contributed by atoms with E-state index in [2.05, 4.69) is 5.32 Å². The van der Waals surface area contributed by atoms with E-state index in [4.69, 9.17) is 4.74 Å². The molecule has 0 saturated heterocycles. The summed E-state index contributed by atoms with van der Waals surface area (Å²) in [6, 6.07) is 12.2. The van der Waals surface area contributed by atoms with Gasteiger partial charge in [-0.3, -0.25) is 9.59 Å². The van der Waals surface area contributed by atoms with Crippen LogP contribution in [-0.2, 0) is 14.3 Å². The summed E-state index contributed by atoms with van der Waals surface area (Å²) < 4.78 is 5.25. The Morgan fingerprint density at radius 3 is 2.52 bits per heavy atom. The lowest BCUT2D eigenvalue weighted by Gasteiger charge is -2.27. The van der Waals surface area contributed by atoms with E-state index >= 15 is 0 Å². The molecule has 0 fully saturated rings. The molecule has 140 valence electrons. The van der Waals surface area contributed by atoms with Gasteiger partial charge in [-0.25, -0.2) is 4.79 Å². The first kappa shape index (κ1) is 18.6. The summed E-state index contributed by atoms with van der Waals surface area (Å²) in [5.41, 5.74) is 3.49. The number of rotatable bonds is 3. The molecular weight excluding hydrogens is 344 g/mol. The van der Waals surface area contributed by atoms with Gasteiger partial charge in [0.15, 0.2) is 6.61 Å². The maximum Gasteiger partial charge on any atom is 0.338 e. The number of benzene rings is 2. The maximum atomic E-state index is 12.8. The number of ether oxygens (including phenoxy) is 1. The number of anilines is 2. The van der Waals surface area contributed by atoms with Gasteiger partial charge in [0, 0.05) is 12.5 Å². The first-order valence-corrected chi connectivity index (χ1v) is 8.81. The van der Waals surface area contributed by atoms with E-state index in [0.29, 0.717) is 16.9 Å². The van der Waals surface area contributed by atoms with Crippen molar-refractivity contribution >= 4 is 29.2 Å². The van der Waals surface area contributed by atoms with Crippen molar-refractivity contribution in [1.82, 2.24) is 0 Å². The highest BCUT2D eigenvalue weighted by Crippen LogP contribution is 2.31. The Morgan fingerprint density at radius 2 is 1.81 bits per heavy atom. The van der Waals surface area contributed by atoms with Gasteiger partial charge in [-0.2, -0.15) is 0 Å². The van der Waals surface area contributed by atoms with E-state index in [1.807, 2.05) is 19.9 Å². The highest BCUT2D eigenvalue weighted by atomic mass is 16.5. The smallest absolute Gasteiger partial charge is 0.338 e. The molecule has 0 unspecified atom stereocenters. The van der Waals surface area contributed by atoms with Crippen molar-refractivity contribution in [3.05, 3.63) is 59.2 Å². The molecule has 27 heavy (non-hydrogen) atoms. The average molecular weight is 366 g/mol. The van der Waals surface area contributed by atoms with Gasteiger partial charge >= 0.3 is 5.97 Å². The Balaban J connectivity index is 1.77. The number of carbonyl (C=O) groups is 3. The third-order valence-corrected chi connectivity index (χ3v) is 4.41. The minimum atomic E-state index is -0.542. The number of fused-ring (bicyclic) bond motifs is 1. The number of nitrogens with one attached hydrogen (secondary N) is 1. The number of nitrogens with zero attached hydrogens (tertiary/aromatic N) is 1. The third kappa shape index (κ3) is 4.16. The second-order valence-corrected chi connectivity index (χ2v) is 6.83. The summed E-state index contributed by atoms with van der Waals surface area (Å²) in [5.74, 6) is -1.07. The minimum Gasteiger partial charge on any atom is -0.452 e. The Labute approximate surface area is 158 Å². The van der Waals surface area contributed by atoms with E-state index in [1.54, 1.807) is 43.3 Å². The van der Waals surface area contributed by atoms with Crippen LogP contribution in [0.5, 0.6) is 0 Å². The van der Waals surface area contributed by atoms with Crippen LogP contribution in [0.4, 0.5) is 11.4 Å². The fourth-order valence-electron chi connectivity index (χ4n) is 3.34. The number of aryl methyl sites for hydroxylation is 2. The lowest BCUT2D eigenvalue weighted by atomic mass is 10.1. The van der Waals surface area contributed by atoms with Crippen LogP contribution >= 0.6 is 0 Å². The summed E-state index contributed by atoms with van der Waals surface area (Å²) in [7, 11) is 0. The number of amides is 2. The van der Waals surface area contributed by atoms with Crippen LogP contribution in [0.1, 0.15) is 34.8 Å². The lowest BCUT2D eigenvalue weighted by Crippen LogP contribution is -2.41. The molecule has 0 aliphatic carbocycles. The summed E-state index contributed by atoms with van der Waals surface area (Å²) in [6.07, 6.45) is 0.172. The Hall–Kier alpha value is -3.15. The Bertz CT molecular complexity index is 887. The highest BCUT2D eigenvalue weighted by molar-refractivity contribution is 6.05. The second-order valence-electron chi connectivity index (χ2n) is 6.83. The zero-order chi connectivity index (χ0) is 19.6. The zero-order valence-electron chi connectivity index (χ0n) is 15.6. The van der Waals surface area contributed by atoms with Gasteiger partial charge in [-0.1, -0.05) is 29.3 Å². The van der Waals surface area contributed by atoms with Crippen LogP contribution in [-0.4, -0.2) is 30.4 Å². The molecular formula is C21H22N2O4. The van der Waals surface area contributed by atoms with Crippen LogP contribution in [0, 0.1) is 13.8 Å². The topological polar surface area (TPSA) is 75.7 Å². The molecule has 1 aliphatic rings. The molecule has 0 saturated carbocycles. The van der Waals surface area contributed by atoms with Gasteiger partial charge < -0.3 is 15.0 Å². The number of carbonyl (C=O) groups excluding carboxylic acids is 3. The molecule has 6 nitrogen and oxygen atoms in total. The van der Waals surface area contributed by atoms with Crippen molar-refractivity contribution in [2.45, 2.75) is 33.2 Å². The molecule has 0 bridgehead atoms. The molecule has 0 aromatic heterocycles. The van der Waals surface area contributed by atoms with Gasteiger partial charge in [0.2, 0.25) is 5.91 Å². The molecule has 2 amide bonds. The molecule has 0 spiro atoms. The molecule has 3 rings (SSSR count). The number of para-hydroxylation sites is 2. The summed E-state index contributed by atoms with van der Waals surface area (Å²) in [6.45, 7) is 5.20. The van der Waals surface area contributed by atoms with Crippen molar-refractivity contribution < 1.29 is 19.1 Å².